The van der Waals surface area contributed by atoms with Crippen molar-refractivity contribution >= 4 is 38.5 Å². The van der Waals surface area contributed by atoms with Crippen LogP contribution in [0.2, 0.25) is 0 Å². The number of nitrogens with one attached hydrogen (secondary N) is 3. The Morgan fingerprint density at radius 2 is 2.05 bits per heavy atom. The molecule has 3 aromatic rings. The number of methoxy groups -OCH3 is 1. The number of nitriles is 1. The molecule has 1 aliphatic rings. The van der Waals surface area contributed by atoms with E-state index in [1.165, 1.54) is 6.92 Å². The standard InChI is InChI=1S/C29H30N5O3Si/c1-18(16-30)17-31-27-23-14-21(10-9-20(23)11-12-26(27)37-3)24-7-4-8-25(33-24)28(36)32-22-6-5-13-29(38,15-22)34-19(2)35/h4,7-12,14,22,31H,1,5-6,13,15,17H2,2-3H3,(H,32,36)(H,34,35)/t22-,29+/m1/s1. The molecule has 2 amide bonds. The second-order valence-corrected chi connectivity index (χ2v) is 10.5. The van der Waals surface area contributed by atoms with Gasteiger partial charge in [-0.25, -0.2) is 4.98 Å². The van der Waals surface area contributed by atoms with Crippen molar-refractivity contribution in [2.75, 3.05) is 19.0 Å². The van der Waals surface area contributed by atoms with Crippen LogP contribution in [0.5, 0.6) is 5.75 Å². The van der Waals surface area contributed by atoms with Gasteiger partial charge in [0, 0.05) is 41.2 Å². The minimum atomic E-state index is -0.519. The largest absolute Gasteiger partial charge is 0.495 e. The zero-order valence-corrected chi connectivity index (χ0v) is 22.6. The smallest absolute Gasteiger partial charge is 0.270 e. The van der Waals surface area contributed by atoms with E-state index in [1.54, 1.807) is 13.2 Å². The predicted octanol–water partition coefficient (Wildman–Crippen LogP) is 4.08. The molecule has 0 unspecified atom stereocenters. The van der Waals surface area contributed by atoms with E-state index in [1.807, 2.05) is 48.5 Å². The molecule has 9 heteroatoms. The van der Waals surface area contributed by atoms with Crippen LogP contribution in [0, 0.1) is 11.3 Å². The highest BCUT2D eigenvalue weighted by Crippen LogP contribution is 2.36. The van der Waals surface area contributed by atoms with E-state index in [9.17, 15) is 9.59 Å². The number of rotatable bonds is 8. The van der Waals surface area contributed by atoms with Crippen LogP contribution in [0.25, 0.3) is 22.0 Å². The first kappa shape index (κ1) is 26.9. The second kappa shape index (κ2) is 11.5. The topological polar surface area (TPSA) is 116 Å². The lowest BCUT2D eigenvalue weighted by molar-refractivity contribution is -0.120. The Balaban J connectivity index is 1.58. The van der Waals surface area contributed by atoms with E-state index in [-0.39, 0.29) is 17.9 Å². The first-order valence-corrected chi connectivity index (χ1v) is 13.0. The molecule has 8 nitrogen and oxygen atoms in total. The van der Waals surface area contributed by atoms with Crippen LogP contribution in [-0.4, -0.2) is 51.9 Å². The molecular formula is C29H30N5O3Si. The van der Waals surface area contributed by atoms with Gasteiger partial charge in [-0.2, -0.15) is 5.26 Å². The minimum absolute atomic E-state index is 0.0871. The molecule has 0 saturated heterocycles. The van der Waals surface area contributed by atoms with E-state index < -0.39 is 5.16 Å². The summed E-state index contributed by atoms with van der Waals surface area (Å²) in [5.41, 5.74) is 2.98. The van der Waals surface area contributed by atoms with Gasteiger partial charge in [-0.05, 0) is 55.3 Å². The molecular weight excluding hydrogens is 494 g/mol. The number of anilines is 1. The number of fused-ring (bicyclic) bond motifs is 1. The van der Waals surface area contributed by atoms with E-state index in [4.69, 9.17) is 10.00 Å². The third-order valence-electron chi connectivity index (χ3n) is 6.62. The van der Waals surface area contributed by atoms with Crippen molar-refractivity contribution in [2.45, 2.75) is 43.8 Å². The van der Waals surface area contributed by atoms with Crippen molar-refractivity contribution in [1.29, 1.82) is 5.26 Å². The average molecular weight is 525 g/mol. The maximum atomic E-state index is 13.1. The number of amides is 2. The summed E-state index contributed by atoms with van der Waals surface area (Å²) < 4.78 is 5.55. The van der Waals surface area contributed by atoms with Gasteiger partial charge in [-0.15, -0.1) is 0 Å². The van der Waals surface area contributed by atoms with Crippen LogP contribution in [0.4, 0.5) is 5.69 Å². The van der Waals surface area contributed by atoms with Crippen LogP contribution in [0.3, 0.4) is 0 Å². The fraction of sp³-hybridized carbons (Fsp3) is 0.310. The number of ether oxygens (including phenoxy) is 1. The Bertz CT molecular complexity index is 1430. The summed E-state index contributed by atoms with van der Waals surface area (Å²) in [7, 11) is 5.31. The molecule has 0 spiro atoms. The van der Waals surface area contributed by atoms with Gasteiger partial charge in [0.25, 0.3) is 5.91 Å². The third-order valence-corrected chi connectivity index (χ3v) is 7.20. The molecule has 3 N–H and O–H groups in total. The van der Waals surface area contributed by atoms with Crippen LogP contribution in [0.1, 0.15) is 43.1 Å². The van der Waals surface area contributed by atoms with Crippen LogP contribution < -0.4 is 20.7 Å². The van der Waals surface area contributed by atoms with Crippen LogP contribution in [-0.2, 0) is 4.79 Å². The van der Waals surface area contributed by atoms with Gasteiger partial charge in [-0.1, -0.05) is 30.8 Å². The normalized spacial score (nSPS) is 18.7. The summed E-state index contributed by atoms with van der Waals surface area (Å²) in [6, 6.07) is 17.1. The number of hydrogen-bond donors (Lipinski definition) is 3. The predicted molar refractivity (Wildman–Crippen MR) is 149 cm³/mol. The lowest BCUT2D eigenvalue weighted by Gasteiger charge is -2.38. The second-order valence-electron chi connectivity index (χ2n) is 9.59. The van der Waals surface area contributed by atoms with Gasteiger partial charge in [0.15, 0.2) is 0 Å². The van der Waals surface area contributed by atoms with Gasteiger partial charge in [-0.3, -0.25) is 9.59 Å². The Hall–Kier alpha value is -4.16. The molecule has 0 bridgehead atoms. The van der Waals surface area contributed by atoms with Gasteiger partial charge in [0.05, 0.1) is 34.8 Å². The van der Waals surface area contributed by atoms with Gasteiger partial charge in [0.2, 0.25) is 5.91 Å². The zero-order valence-electron chi connectivity index (χ0n) is 21.6. The summed E-state index contributed by atoms with van der Waals surface area (Å²) in [6.07, 6.45) is 3.10. The Morgan fingerprint density at radius 1 is 1.26 bits per heavy atom. The molecule has 0 aliphatic heterocycles. The lowest BCUT2D eigenvalue weighted by Crippen LogP contribution is -2.55. The van der Waals surface area contributed by atoms with Crippen molar-refractivity contribution in [2.24, 2.45) is 0 Å². The Labute approximate surface area is 225 Å². The monoisotopic (exact) mass is 524 g/mol. The first-order valence-electron chi connectivity index (χ1n) is 12.5. The molecule has 1 aromatic heterocycles. The number of benzene rings is 2. The highest BCUT2D eigenvalue weighted by molar-refractivity contribution is 6.16. The number of pyridine rings is 1. The molecule has 2 atom stereocenters. The number of hydrogen-bond acceptors (Lipinski definition) is 6. The highest BCUT2D eigenvalue weighted by atomic mass is 28.1. The molecule has 38 heavy (non-hydrogen) atoms. The van der Waals surface area contributed by atoms with E-state index in [0.29, 0.717) is 35.7 Å². The van der Waals surface area contributed by atoms with E-state index in [2.05, 4.69) is 37.8 Å². The van der Waals surface area contributed by atoms with Gasteiger partial charge in [0.1, 0.15) is 11.4 Å². The zero-order chi connectivity index (χ0) is 27.3. The van der Waals surface area contributed by atoms with Crippen molar-refractivity contribution in [1.82, 2.24) is 15.6 Å². The Morgan fingerprint density at radius 3 is 2.79 bits per heavy atom. The summed E-state index contributed by atoms with van der Waals surface area (Å²) in [4.78, 5) is 29.4. The number of aromatic nitrogens is 1. The first-order chi connectivity index (χ1) is 18.2. The maximum Gasteiger partial charge on any atom is 0.270 e. The third kappa shape index (κ3) is 6.21. The summed E-state index contributed by atoms with van der Waals surface area (Å²) in [6.45, 7) is 5.53. The molecule has 4 rings (SSSR count). The number of carbonyl (C=O) groups excluding carboxylic acids is 2. The van der Waals surface area contributed by atoms with Crippen molar-refractivity contribution in [3.05, 3.63) is 66.4 Å². The number of nitrogens with zero attached hydrogens (tertiary/aromatic N) is 2. The van der Waals surface area contributed by atoms with E-state index >= 15 is 0 Å². The fourth-order valence-electron chi connectivity index (χ4n) is 4.88. The fourth-order valence-corrected chi connectivity index (χ4v) is 5.48. The molecule has 1 saturated carbocycles. The maximum absolute atomic E-state index is 13.1. The SMILES string of the molecule is C=C(C#N)CNc1c(OC)ccc2ccc(-c3cccc(C(=O)N[C@@H]4CCC[C@@]([Si])(NC(C)=O)C4)n3)cc12. The summed E-state index contributed by atoms with van der Waals surface area (Å²) in [5.74, 6) is 0.286. The summed E-state index contributed by atoms with van der Waals surface area (Å²) in [5, 5.41) is 19.8. The Kier molecular flexibility index (Phi) is 8.13. The average Bonchev–Trinajstić information content (AvgIpc) is 2.90. The van der Waals surface area contributed by atoms with Crippen LogP contribution >= 0.6 is 0 Å². The summed E-state index contributed by atoms with van der Waals surface area (Å²) >= 11 is 0. The van der Waals surface area contributed by atoms with Crippen LogP contribution in [0.15, 0.2) is 60.7 Å². The van der Waals surface area contributed by atoms with Gasteiger partial charge >= 0.3 is 0 Å². The minimum Gasteiger partial charge on any atom is -0.495 e. The van der Waals surface area contributed by atoms with Crippen molar-refractivity contribution < 1.29 is 14.3 Å². The quantitative estimate of drug-likeness (QED) is 0.302. The molecule has 3 radical (unpaired) electrons. The van der Waals surface area contributed by atoms with Crippen molar-refractivity contribution in [3.8, 4) is 23.1 Å². The lowest BCUT2D eigenvalue weighted by atomic mass is 9.90. The molecule has 193 valence electrons. The highest BCUT2D eigenvalue weighted by Gasteiger charge is 2.33. The van der Waals surface area contributed by atoms with Crippen molar-refractivity contribution in [3.63, 3.8) is 0 Å². The van der Waals surface area contributed by atoms with Gasteiger partial charge < -0.3 is 20.7 Å². The molecule has 1 heterocycles. The molecule has 1 aliphatic carbocycles. The van der Waals surface area contributed by atoms with E-state index in [0.717, 1.165) is 41.3 Å². The number of carbonyl (C=O) groups is 2. The molecule has 2 aromatic carbocycles. The molecule has 1 fully saturated rings.